The molecule has 4 nitrogen and oxygen atoms in total. The van der Waals surface area contributed by atoms with Crippen molar-refractivity contribution in [2.45, 2.75) is 18.4 Å². The van der Waals surface area contributed by atoms with Gasteiger partial charge in [0, 0.05) is 12.1 Å². The smallest absolute Gasteiger partial charge is 0.235 e. The average Bonchev–Trinajstić information content (AvgIpc) is 3.08. The van der Waals surface area contributed by atoms with E-state index in [1.165, 1.54) is 26.4 Å². The van der Waals surface area contributed by atoms with Crippen molar-refractivity contribution in [1.82, 2.24) is 0 Å². The Bertz CT molecular complexity index is 491. The third-order valence-corrected chi connectivity index (χ3v) is 2.93. The molecule has 90 valence electrons. The molecule has 0 N–H and O–H groups in total. The Morgan fingerprint density at radius 1 is 1.35 bits per heavy atom. The summed E-state index contributed by atoms with van der Waals surface area (Å²) in [6.07, 6.45) is 2.75. The minimum atomic E-state index is -0.788. The highest BCUT2D eigenvalue weighted by Crippen LogP contribution is 2.53. The van der Waals surface area contributed by atoms with Crippen LogP contribution in [0.1, 0.15) is 18.4 Å². The second-order valence-corrected chi connectivity index (χ2v) is 3.92. The highest BCUT2D eigenvalue weighted by atomic mass is 19.1. The molecule has 1 saturated carbocycles. The van der Waals surface area contributed by atoms with E-state index in [1.54, 1.807) is 6.07 Å². The van der Waals surface area contributed by atoms with E-state index >= 15 is 0 Å². The summed E-state index contributed by atoms with van der Waals surface area (Å²) in [6.45, 7) is 0. The van der Waals surface area contributed by atoms with Crippen LogP contribution < -0.4 is 9.47 Å². The van der Waals surface area contributed by atoms with Crippen molar-refractivity contribution in [1.29, 1.82) is 0 Å². The summed E-state index contributed by atoms with van der Waals surface area (Å²) in [4.78, 5) is 14.1. The summed E-state index contributed by atoms with van der Waals surface area (Å²) >= 11 is 0. The summed E-state index contributed by atoms with van der Waals surface area (Å²) in [7, 11) is 2.89. The topological polar surface area (TPSA) is 47.9 Å². The number of aliphatic imine (C=N–C) groups is 1. The van der Waals surface area contributed by atoms with Crippen molar-refractivity contribution in [3.8, 4) is 11.5 Å². The van der Waals surface area contributed by atoms with E-state index in [2.05, 4.69) is 4.99 Å². The lowest BCUT2D eigenvalue weighted by molar-refractivity contribution is 0.378. The number of hydrogen-bond donors (Lipinski definition) is 0. The lowest BCUT2D eigenvalue weighted by Gasteiger charge is -2.15. The van der Waals surface area contributed by atoms with Crippen molar-refractivity contribution in [2.24, 2.45) is 4.99 Å². The molecule has 0 bridgehead atoms. The van der Waals surface area contributed by atoms with E-state index in [0.717, 1.165) is 0 Å². The van der Waals surface area contributed by atoms with Crippen LogP contribution in [0.2, 0.25) is 0 Å². The summed E-state index contributed by atoms with van der Waals surface area (Å²) < 4.78 is 24.1. The molecule has 0 unspecified atom stereocenters. The molecule has 1 aliphatic rings. The van der Waals surface area contributed by atoms with Gasteiger partial charge in [0.25, 0.3) is 0 Å². The lowest BCUT2D eigenvalue weighted by atomic mass is 10.0. The van der Waals surface area contributed by atoms with Gasteiger partial charge in [-0.3, -0.25) is 0 Å². The Kier molecular flexibility index (Phi) is 2.86. The maximum atomic E-state index is 14.0. The first-order valence-electron chi connectivity index (χ1n) is 5.18. The van der Waals surface area contributed by atoms with Crippen molar-refractivity contribution in [3.05, 3.63) is 23.5 Å². The normalized spacial score (nSPS) is 15.9. The van der Waals surface area contributed by atoms with E-state index in [4.69, 9.17) is 9.47 Å². The number of carbonyl (C=O) groups excluding carboxylic acids is 1. The Morgan fingerprint density at radius 3 is 2.53 bits per heavy atom. The monoisotopic (exact) mass is 237 g/mol. The molecular formula is C12H12FNO3. The molecule has 1 aromatic carbocycles. The van der Waals surface area contributed by atoms with Crippen molar-refractivity contribution in [2.75, 3.05) is 14.2 Å². The van der Waals surface area contributed by atoms with E-state index in [0.29, 0.717) is 29.9 Å². The van der Waals surface area contributed by atoms with Gasteiger partial charge >= 0.3 is 0 Å². The quantitative estimate of drug-likeness (QED) is 0.595. The number of methoxy groups -OCH3 is 2. The molecular weight excluding hydrogens is 225 g/mol. The summed E-state index contributed by atoms with van der Waals surface area (Å²) in [6, 6.07) is 2.84. The number of rotatable bonds is 4. The number of nitrogens with zero attached hydrogens (tertiary/aromatic N) is 1. The SMILES string of the molecule is COc1cc(F)c(C2(N=C=O)CC2)c(OC)c1. The Morgan fingerprint density at radius 2 is 2.06 bits per heavy atom. The molecule has 1 aromatic rings. The Labute approximate surface area is 98.1 Å². The van der Waals surface area contributed by atoms with Gasteiger partial charge in [-0.2, -0.15) is 4.99 Å². The summed E-state index contributed by atoms with van der Waals surface area (Å²) in [5, 5.41) is 0. The third-order valence-electron chi connectivity index (χ3n) is 2.93. The van der Waals surface area contributed by atoms with Crippen LogP contribution in [0.3, 0.4) is 0 Å². The zero-order valence-electron chi connectivity index (χ0n) is 9.62. The molecule has 1 fully saturated rings. The molecule has 5 heteroatoms. The van der Waals surface area contributed by atoms with Gasteiger partial charge < -0.3 is 9.47 Å². The molecule has 0 spiro atoms. The lowest BCUT2D eigenvalue weighted by Crippen LogP contribution is -2.08. The molecule has 2 rings (SSSR count). The molecule has 0 heterocycles. The van der Waals surface area contributed by atoms with Gasteiger partial charge in [0.15, 0.2) is 0 Å². The predicted molar refractivity (Wildman–Crippen MR) is 58.5 cm³/mol. The molecule has 17 heavy (non-hydrogen) atoms. The maximum Gasteiger partial charge on any atom is 0.235 e. The largest absolute Gasteiger partial charge is 0.497 e. The number of ether oxygens (including phenoxy) is 2. The number of isocyanates is 1. The maximum absolute atomic E-state index is 14.0. The predicted octanol–water partition coefficient (Wildman–Crippen LogP) is 2.17. The Balaban J connectivity index is 2.57. The Hall–Kier alpha value is -1.87. The van der Waals surface area contributed by atoms with Crippen LogP contribution in [0.25, 0.3) is 0 Å². The van der Waals surface area contributed by atoms with Gasteiger partial charge in [-0.15, -0.1) is 0 Å². The van der Waals surface area contributed by atoms with E-state index in [9.17, 15) is 9.18 Å². The fraction of sp³-hybridized carbons (Fsp3) is 0.417. The summed E-state index contributed by atoms with van der Waals surface area (Å²) in [5.74, 6) is 0.241. The van der Waals surface area contributed by atoms with E-state index in [1.807, 2.05) is 0 Å². The highest BCUT2D eigenvalue weighted by molar-refractivity contribution is 5.50. The van der Waals surface area contributed by atoms with Crippen molar-refractivity contribution >= 4 is 6.08 Å². The van der Waals surface area contributed by atoms with E-state index in [-0.39, 0.29) is 0 Å². The average molecular weight is 237 g/mol. The third kappa shape index (κ3) is 1.89. The number of halogens is 1. The minimum Gasteiger partial charge on any atom is -0.497 e. The zero-order chi connectivity index (χ0) is 12.5. The molecule has 0 atom stereocenters. The fourth-order valence-corrected chi connectivity index (χ4v) is 1.91. The van der Waals surface area contributed by atoms with Gasteiger partial charge in [-0.05, 0) is 12.8 Å². The van der Waals surface area contributed by atoms with Crippen LogP contribution in [0.4, 0.5) is 4.39 Å². The first-order chi connectivity index (χ1) is 8.16. The van der Waals surface area contributed by atoms with Crippen LogP contribution in [0.15, 0.2) is 17.1 Å². The molecule has 0 saturated heterocycles. The summed E-state index contributed by atoms with van der Waals surface area (Å²) in [5.41, 5.74) is -0.479. The van der Waals surface area contributed by atoms with E-state index < -0.39 is 11.4 Å². The second kappa shape index (κ2) is 4.18. The van der Waals surface area contributed by atoms with Gasteiger partial charge in [-0.25, -0.2) is 9.18 Å². The van der Waals surface area contributed by atoms with Crippen LogP contribution in [0.5, 0.6) is 11.5 Å². The van der Waals surface area contributed by atoms with Crippen LogP contribution >= 0.6 is 0 Å². The standard InChI is InChI=1S/C12H12FNO3/c1-16-8-5-9(13)11(10(6-8)17-2)12(3-4-12)14-7-15/h5-6H,3-4H2,1-2H3. The first kappa shape index (κ1) is 11.6. The molecule has 0 amide bonds. The van der Waals surface area contributed by atoms with Gasteiger partial charge in [0.05, 0.1) is 19.8 Å². The highest BCUT2D eigenvalue weighted by Gasteiger charge is 2.49. The number of benzene rings is 1. The van der Waals surface area contributed by atoms with Crippen LogP contribution in [0, 0.1) is 5.82 Å². The molecule has 0 aromatic heterocycles. The fourth-order valence-electron chi connectivity index (χ4n) is 1.91. The van der Waals surface area contributed by atoms with Crippen molar-refractivity contribution in [3.63, 3.8) is 0 Å². The minimum absolute atomic E-state index is 0.309. The first-order valence-corrected chi connectivity index (χ1v) is 5.18. The molecule has 1 aliphatic carbocycles. The second-order valence-electron chi connectivity index (χ2n) is 3.92. The zero-order valence-corrected chi connectivity index (χ0v) is 9.62. The van der Waals surface area contributed by atoms with Crippen LogP contribution in [-0.4, -0.2) is 20.3 Å². The van der Waals surface area contributed by atoms with Crippen LogP contribution in [-0.2, 0) is 10.3 Å². The molecule has 0 radical (unpaired) electrons. The van der Waals surface area contributed by atoms with Gasteiger partial charge in [0.1, 0.15) is 22.9 Å². The number of hydrogen-bond acceptors (Lipinski definition) is 4. The van der Waals surface area contributed by atoms with Gasteiger partial charge in [0.2, 0.25) is 6.08 Å². The van der Waals surface area contributed by atoms with Crippen molar-refractivity contribution < 1.29 is 18.7 Å². The molecule has 0 aliphatic heterocycles. The van der Waals surface area contributed by atoms with Gasteiger partial charge in [-0.1, -0.05) is 0 Å².